The number of halogens is 2. The molecule has 1 nitrogen and oxygen atoms in total. The van der Waals surface area contributed by atoms with Crippen molar-refractivity contribution in [2.75, 3.05) is 6.54 Å². The van der Waals surface area contributed by atoms with Crippen LogP contribution >= 0.6 is 28.3 Å². The van der Waals surface area contributed by atoms with Crippen LogP contribution in [0.15, 0.2) is 28.7 Å². The fourth-order valence-corrected chi connectivity index (χ4v) is 2.95. The minimum Gasteiger partial charge on any atom is -0.311 e. The number of rotatable bonds is 1. The van der Waals surface area contributed by atoms with Crippen molar-refractivity contribution in [2.24, 2.45) is 0 Å². The van der Waals surface area contributed by atoms with Crippen molar-refractivity contribution in [1.29, 1.82) is 0 Å². The molecule has 1 aliphatic carbocycles. The van der Waals surface area contributed by atoms with Crippen molar-refractivity contribution >= 4 is 28.3 Å². The molecule has 1 aliphatic heterocycles. The van der Waals surface area contributed by atoms with Gasteiger partial charge in [-0.05, 0) is 49.4 Å². The van der Waals surface area contributed by atoms with Crippen LogP contribution in [0, 0.1) is 0 Å². The van der Waals surface area contributed by atoms with Gasteiger partial charge in [-0.15, -0.1) is 12.4 Å². The summed E-state index contributed by atoms with van der Waals surface area (Å²) in [6, 6.07) is 8.80. The van der Waals surface area contributed by atoms with Gasteiger partial charge in [0.05, 0.1) is 0 Å². The van der Waals surface area contributed by atoms with E-state index < -0.39 is 0 Å². The predicted molar refractivity (Wildman–Crippen MR) is 68.7 cm³/mol. The third kappa shape index (κ3) is 1.95. The molecule has 15 heavy (non-hydrogen) atoms. The number of hydrogen-bond acceptors (Lipinski definition) is 1. The van der Waals surface area contributed by atoms with Crippen LogP contribution in [-0.2, 0) is 0 Å². The van der Waals surface area contributed by atoms with E-state index in [4.69, 9.17) is 0 Å². The quantitative estimate of drug-likeness (QED) is 0.834. The fourth-order valence-electron chi connectivity index (χ4n) is 2.68. The molecule has 1 aromatic carbocycles. The molecule has 1 aromatic rings. The van der Waals surface area contributed by atoms with E-state index >= 15 is 0 Å². The van der Waals surface area contributed by atoms with Gasteiger partial charge in [-0.25, -0.2) is 0 Å². The largest absolute Gasteiger partial charge is 0.311 e. The first kappa shape index (κ1) is 11.4. The Kier molecular flexibility index (Phi) is 3.11. The molecular formula is C12H15BrClN. The maximum Gasteiger partial charge on any atom is 0.0205 e. The first-order chi connectivity index (χ1) is 6.77. The summed E-state index contributed by atoms with van der Waals surface area (Å²) < 4.78 is 1.18. The maximum atomic E-state index is 3.56. The zero-order valence-electron chi connectivity index (χ0n) is 8.50. The second-order valence-corrected chi connectivity index (χ2v) is 5.53. The van der Waals surface area contributed by atoms with Crippen LogP contribution in [0.4, 0.5) is 0 Å². The van der Waals surface area contributed by atoms with Crippen molar-refractivity contribution < 1.29 is 0 Å². The summed E-state index contributed by atoms with van der Waals surface area (Å²) in [6.45, 7) is 1.23. The lowest BCUT2D eigenvalue weighted by atomic mass is 9.61. The van der Waals surface area contributed by atoms with Crippen LogP contribution in [0.2, 0.25) is 0 Å². The number of benzene rings is 1. The molecule has 1 heterocycles. The lowest BCUT2D eigenvalue weighted by Gasteiger charge is -2.55. The van der Waals surface area contributed by atoms with Gasteiger partial charge in [0.2, 0.25) is 0 Å². The van der Waals surface area contributed by atoms with Crippen LogP contribution in [-0.4, -0.2) is 12.1 Å². The molecule has 0 aromatic heterocycles. The van der Waals surface area contributed by atoms with Gasteiger partial charge < -0.3 is 5.32 Å². The van der Waals surface area contributed by atoms with E-state index in [0.717, 1.165) is 5.92 Å². The van der Waals surface area contributed by atoms with E-state index in [0.29, 0.717) is 5.54 Å². The van der Waals surface area contributed by atoms with Gasteiger partial charge in [0.1, 0.15) is 0 Å². The zero-order valence-corrected chi connectivity index (χ0v) is 10.9. The number of nitrogens with one attached hydrogen (secondary N) is 1. The second kappa shape index (κ2) is 4.08. The monoisotopic (exact) mass is 287 g/mol. The van der Waals surface area contributed by atoms with Crippen LogP contribution < -0.4 is 5.32 Å². The molecule has 1 spiro atoms. The topological polar surface area (TPSA) is 12.0 Å². The highest BCUT2D eigenvalue weighted by Gasteiger charge is 2.48. The molecule has 3 heteroatoms. The third-order valence-corrected chi connectivity index (χ3v) is 4.25. The molecule has 82 valence electrons. The maximum absolute atomic E-state index is 3.56. The first-order valence-corrected chi connectivity index (χ1v) is 6.07. The molecule has 1 N–H and O–H groups in total. The molecule has 3 rings (SSSR count). The standard InChI is InChI=1S/C12H14BrN.ClH/c13-11-3-1-9(2-4-11)10-7-12(8-10)5-6-14-12;/h1-4,10,14H,5-8H2;1H. The SMILES string of the molecule is Brc1ccc(C2CC3(CCN3)C2)cc1.Cl. The van der Waals surface area contributed by atoms with Gasteiger partial charge in [-0.1, -0.05) is 28.1 Å². The summed E-state index contributed by atoms with van der Waals surface area (Å²) in [5, 5.41) is 3.56. The molecule has 0 unspecified atom stereocenters. The Labute approximate surface area is 105 Å². The third-order valence-electron chi connectivity index (χ3n) is 3.72. The molecule has 0 radical (unpaired) electrons. The van der Waals surface area contributed by atoms with Crippen molar-refractivity contribution in [1.82, 2.24) is 5.32 Å². The van der Waals surface area contributed by atoms with E-state index in [-0.39, 0.29) is 12.4 Å². The Bertz CT molecular complexity index is 337. The average Bonchev–Trinajstić information content (AvgIpc) is 2.03. The van der Waals surface area contributed by atoms with E-state index in [1.807, 2.05) is 0 Å². The van der Waals surface area contributed by atoms with Crippen molar-refractivity contribution in [3.8, 4) is 0 Å². The predicted octanol–water partition coefficient (Wildman–Crippen LogP) is 3.48. The number of hydrogen-bond donors (Lipinski definition) is 1. The lowest BCUT2D eigenvalue weighted by Crippen LogP contribution is -2.63. The van der Waals surface area contributed by atoms with E-state index in [2.05, 4.69) is 45.5 Å². The summed E-state index contributed by atoms with van der Waals surface area (Å²) in [7, 11) is 0. The Morgan fingerprint density at radius 1 is 1.20 bits per heavy atom. The normalized spacial score (nSPS) is 32.7. The Hall–Kier alpha value is -0.0500. The molecule has 1 saturated carbocycles. The van der Waals surface area contributed by atoms with Crippen LogP contribution in [0.3, 0.4) is 0 Å². The van der Waals surface area contributed by atoms with Crippen LogP contribution in [0.25, 0.3) is 0 Å². The average molecular weight is 289 g/mol. The van der Waals surface area contributed by atoms with E-state index in [1.165, 1.54) is 35.8 Å². The molecule has 2 aliphatic rings. The minimum atomic E-state index is 0. The fraction of sp³-hybridized carbons (Fsp3) is 0.500. The molecule has 2 fully saturated rings. The van der Waals surface area contributed by atoms with Gasteiger partial charge in [-0.3, -0.25) is 0 Å². The summed E-state index contributed by atoms with van der Waals surface area (Å²) in [6.07, 6.45) is 4.07. The smallest absolute Gasteiger partial charge is 0.0205 e. The van der Waals surface area contributed by atoms with Gasteiger partial charge in [0, 0.05) is 10.0 Å². The van der Waals surface area contributed by atoms with E-state index in [1.54, 1.807) is 0 Å². The Balaban J connectivity index is 0.000000853. The highest BCUT2D eigenvalue weighted by atomic mass is 79.9. The Morgan fingerprint density at radius 2 is 1.80 bits per heavy atom. The molecule has 0 atom stereocenters. The highest BCUT2D eigenvalue weighted by molar-refractivity contribution is 9.10. The summed E-state index contributed by atoms with van der Waals surface area (Å²) in [4.78, 5) is 0. The van der Waals surface area contributed by atoms with Crippen LogP contribution in [0.1, 0.15) is 30.7 Å². The molecule has 0 bridgehead atoms. The van der Waals surface area contributed by atoms with Gasteiger partial charge in [0.25, 0.3) is 0 Å². The summed E-state index contributed by atoms with van der Waals surface area (Å²) in [5.41, 5.74) is 2.06. The second-order valence-electron chi connectivity index (χ2n) is 4.61. The minimum absolute atomic E-state index is 0. The highest BCUT2D eigenvalue weighted by Crippen LogP contribution is 2.49. The van der Waals surface area contributed by atoms with Gasteiger partial charge in [-0.2, -0.15) is 0 Å². The summed E-state index contributed by atoms with van der Waals surface area (Å²) >= 11 is 3.47. The molecule has 0 amide bonds. The van der Waals surface area contributed by atoms with Crippen LogP contribution in [0.5, 0.6) is 0 Å². The zero-order chi connectivity index (χ0) is 9.60. The van der Waals surface area contributed by atoms with Gasteiger partial charge >= 0.3 is 0 Å². The first-order valence-electron chi connectivity index (χ1n) is 5.28. The molecular weight excluding hydrogens is 273 g/mol. The van der Waals surface area contributed by atoms with Crippen molar-refractivity contribution in [3.05, 3.63) is 34.3 Å². The Morgan fingerprint density at radius 3 is 2.27 bits per heavy atom. The van der Waals surface area contributed by atoms with E-state index in [9.17, 15) is 0 Å². The summed E-state index contributed by atoms with van der Waals surface area (Å²) in [5.74, 6) is 0.802. The molecule has 1 saturated heterocycles. The van der Waals surface area contributed by atoms with Crippen molar-refractivity contribution in [2.45, 2.75) is 30.7 Å². The van der Waals surface area contributed by atoms with Gasteiger partial charge in [0.15, 0.2) is 0 Å². The van der Waals surface area contributed by atoms with Crippen molar-refractivity contribution in [3.63, 3.8) is 0 Å². The lowest BCUT2D eigenvalue weighted by molar-refractivity contribution is 0.0766.